The molecule has 0 aliphatic carbocycles. The van der Waals surface area contributed by atoms with Gasteiger partial charge in [0.15, 0.2) is 5.60 Å². The van der Waals surface area contributed by atoms with E-state index in [0.717, 1.165) is 6.42 Å². The molecule has 0 spiro atoms. The normalized spacial score (nSPS) is 36.5. The second-order valence-electron chi connectivity index (χ2n) is 4.90. The van der Waals surface area contributed by atoms with Crippen molar-refractivity contribution < 1.29 is 14.3 Å². The van der Waals surface area contributed by atoms with Crippen LogP contribution in [0.2, 0.25) is 0 Å². The second kappa shape index (κ2) is 3.78. The highest BCUT2D eigenvalue weighted by atomic mass is 16.7. The molecule has 0 N–H and O–H groups in total. The summed E-state index contributed by atoms with van der Waals surface area (Å²) in [7, 11) is 1.42. The van der Waals surface area contributed by atoms with Gasteiger partial charge in [-0.05, 0) is 18.8 Å². The maximum Gasteiger partial charge on any atom is 0.341 e. The van der Waals surface area contributed by atoms with Crippen LogP contribution in [0.15, 0.2) is 0 Å². The fourth-order valence-corrected chi connectivity index (χ4v) is 2.49. The molecule has 0 radical (unpaired) electrons. The van der Waals surface area contributed by atoms with Crippen molar-refractivity contribution >= 4 is 5.97 Å². The molecule has 15 heavy (non-hydrogen) atoms. The number of ether oxygens (including phenoxy) is 2. The average Bonchev–Trinajstić information content (AvgIpc) is 2.85. The molecule has 1 saturated heterocycles. The maximum atomic E-state index is 11.8. The lowest BCUT2D eigenvalue weighted by atomic mass is 9.77. The molecule has 1 rings (SSSR count). The fourth-order valence-electron chi connectivity index (χ4n) is 2.49. The molecule has 0 amide bonds. The molecule has 0 aromatic carbocycles. The summed E-state index contributed by atoms with van der Waals surface area (Å²) in [5.74, 6) is 0.267. The lowest BCUT2D eigenvalue weighted by Gasteiger charge is -2.22. The number of methoxy groups -OCH3 is 1. The van der Waals surface area contributed by atoms with Crippen LogP contribution in [0.4, 0.5) is 0 Å². The first-order valence-corrected chi connectivity index (χ1v) is 5.65. The summed E-state index contributed by atoms with van der Waals surface area (Å²) in [6.45, 7) is 10.3. The highest BCUT2D eigenvalue weighted by molar-refractivity contribution is 5.85. The van der Waals surface area contributed by atoms with Gasteiger partial charge < -0.3 is 9.47 Å². The smallest absolute Gasteiger partial charge is 0.341 e. The molecule has 3 heteroatoms. The van der Waals surface area contributed by atoms with Crippen molar-refractivity contribution in [2.24, 2.45) is 11.8 Å². The molecule has 1 aliphatic rings. The summed E-state index contributed by atoms with van der Waals surface area (Å²) in [6.07, 6.45) is 1.00. The van der Waals surface area contributed by atoms with Crippen LogP contribution in [0.1, 0.15) is 41.0 Å². The number of rotatable bonds is 4. The summed E-state index contributed by atoms with van der Waals surface area (Å²) >= 11 is 0. The molecule has 3 unspecified atom stereocenters. The number of carbonyl (C=O) groups excluding carboxylic acids is 1. The van der Waals surface area contributed by atoms with Gasteiger partial charge in [-0.15, -0.1) is 0 Å². The lowest BCUT2D eigenvalue weighted by molar-refractivity contribution is -0.148. The minimum atomic E-state index is -0.725. The zero-order valence-corrected chi connectivity index (χ0v) is 10.6. The Bertz CT molecular complexity index is 262. The monoisotopic (exact) mass is 214 g/mol. The second-order valence-corrected chi connectivity index (χ2v) is 4.90. The van der Waals surface area contributed by atoms with Gasteiger partial charge in [0.25, 0.3) is 0 Å². The quantitative estimate of drug-likeness (QED) is 0.533. The summed E-state index contributed by atoms with van der Waals surface area (Å²) in [6, 6.07) is 0. The Hall–Kier alpha value is -0.570. The van der Waals surface area contributed by atoms with Crippen LogP contribution in [-0.2, 0) is 14.3 Å². The predicted octanol–water partition coefficient (Wildman–Crippen LogP) is 2.39. The topological polar surface area (TPSA) is 38.8 Å². The van der Waals surface area contributed by atoms with Crippen molar-refractivity contribution in [1.82, 2.24) is 0 Å². The molecular formula is C12H22O3. The van der Waals surface area contributed by atoms with E-state index in [1.165, 1.54) is 7.11 Å². The van der Waals surface area contributed by atoms with Crippen LogP contribution >= 0.6 is 0 Å². The van der Waals surface area contributed by atoms with E-state index >= 15 is 0 Å². The zero-order chi connectivity index (χ0) is 11.9. The summed E-state index contributed by atoms with van der Waals surface area (Å²) in [5, 5.41) is 0. The third-order valence-electron chi connectivity index (χ3n) is 3.92. The van der Waals surface area contributed by atoms with Crippen LogP contribution in [0, 0.1) is 11.8 Å². The van der Waals surface area contributed by atoms with Gasteiger partial charge in [-0.3, -0.25) is 0 Å². The summed E-state index contributed by atoms with van der Waals surface area (Å²) in [4.78, 5) is 11.8. The van der Waals surface area contributed by atoms with Gasteiger partial charge in [0.05, 0.1) is 7.11 Å². The van der Waals surface area contributed by atoms with Gasteiger partial charge in [-0.1, -0.05) is 34.1 Å². The molecule has 0 aromatic rings. The van der Waals surface area contributed by atoms with Crippen LogP contribution in [-0.4, -0.2) is 24.3 Å². The molecule has 0 bridgehead atoms. The number of esters is 1. The van der Waals surface area contributed by atoms with Gasteiger partial charge in [0.1, 0.15) is 5.60 Å². The first-order chi connectivity index (χ1) is 6.86. The Morgan fingerprint density at radius 2 is 1.93 bits per heavy atom. The van der Waals surface area contributed by atoms with Crippen LogP contribution in [0.25, 0.3) is 0 Å². The predicted molar refractivity (Wildman–Crippen MR) is 58.5 cm³/mol. The number of carbonyl (C=O) groups is 1. The molecule has 3 atom stereocenters. The lowest BCUT2D eigenvalue weighted by Crippen LogP contribution is -2.41. The zero-order valence-electron chi connectivity index (χ0n) is 10.6. The van der Waals surface area contributed by atoms with Gasteiger partial charge in [0.2, 0.25) is 0 Å². The molecule has 1 aliphatic heterocycles. The number of epoxide rings is 1. The Morgan fingerprint density at radius 3 is 2.27 bits per heavy atom. The van der Waals surface area contributed by atoms with E-state index in [1.807, 2.05) is 20.8 Å². The number of hydrogen-bond acceptors (Lipinski definition) is 3. The molecule has 3 nitrogen and oxygen atoms in total. The Kier molecular flexibility index (Phi) is 3.15. The van der Waals surface area contributed by atoms with Crippen molar-refractivity contribution in [3.8, 4) is 0 Å². The number of hydrogen-bond donors (Lipinski definition) is 0. The van der Waals surface area contributed by atoms with Gasteiger partial charge in [0, 0.05) is 0 Å². The van der Waals surface area contributed by atoms with E-state index in [0.29, 0.717) is 5.92 Å². The molecule has 1 heterocycles. The third-order valence-corrected chi connectivity index (χ3v) is 3.92. The van der Waals surface area contributed by atoms with Gasteiger partial charge in [-0.2, -0.15) is 0 Å². The fraction of sp³-hybridized carbons (Fsp3) is 0.917. The van der Waals surface area contributed by atoms with Crippen molar-refractivity contribution in [3.05, 3.63) is 0 Å². The minimum absolute atomic E-state index is 0.143. The van der Waals surface area contributed by atoms with Crippen molar-refractivity contribution in [2.45, 2.75) is 52.2 Å². The SMILES string of the molecule is CCC(C)C1(C)OC1(C(=O)OC)C(C)C. The first kappa shape index (κ1) is 12.5. The molecule has 0 saturated carbocycles. The van der Waals surface area contributed by atoms with E-state index in [-0.39, 0.29) is 17.5 Å². The van der Waals surface area contributed by atoms with Gasteiger partial charge >= 0.3 is 5.97 Å². The van der Waals surface area contributed by atoms with Crippen molar-refractivity contribution in [2.75, 3.05) is 7.11 Å². The molecule has 1 fully saturated rings. The Balaban J connectivity index is 2.96. The van der Waals surface area contributed by atoms with E-state index in [4.69, 9.17) is 9.47 Å². The minimum Gasteiger partial charge on any atom is -0.467 e. The summed E-state index contributed by atoms with van der Waals surface area (Å²) < 4.78 is 10.6. The van der Waals surface area contributed by atoms with E-state index in [1.54, 1.807) is 0 Å². The highest BCUT2D eigenvalue weighted by Crippen LogP contribution is 2.58. The Labute approximate surface area is 92.1 Å². The van der Waals surface area contributed by atoms with Crippen molar-refractivity contribution in [3.63, 3.8) is 0 Å². The van der Waals surface area contributed by atoms with E-state index in [2.05, 4.69) is 13.8 Å². The highest BCUT2D eigenvalue weighted by Gasteiger charge is 2.75. The van der Waals surface area contributed by atoms with E-state index < -0.39 is 5.60 Å². The standard InChI is InChI=1S/C12H22O3/c1-7-9(4)11(5)12(15-11,8(2)3)10(13)14-6/h8-9H,7H2,1-6H3. The van der Waals surface area contributed by atoms with Crippen LogP contribution in [0.3, 0.4) is 0 Å². The maximum absolute atomic E-state index is 11.8. The van der Waals surface area contributed by atoms with Crippen LogP contribution < -0.4 is 0 Å². The van der Waals surface area contributed by atoms with Gasteiger partial charge in [-0.25, -0.2) is 4.79 Å². The largest absolute Gasteiger partial charge is 0.467 e. The molecule has 88 valence electrons. The molecule has 0 aromatic heterocycles. The Morgan fingerprint density at radius 1 is 1.40 bits per heavy atom. The van der Waals surface area contributed by atoms with Crippen molar-refractivity contribution in [1.29, 1.82) is 0 Å². The van der Waals surface area contributed by atoms with E-state index in [9.17, 15) is 4.79 Å². The third kappa shape index (κ3) is 1.48. The van der Waals surface area contributed by atoms with Crippen LogP contribution in [0.5, 0.6) is 0 Å². The first-order valence-electron chi connectivity index (χ1n) is 5.65. The summed E-state index contributed by atoms with van der Waals surface area (Å²) in [5.41, 5.74) is -1.08. The molecular weight excluding hydrogens is 192 g/mol. The average molecular weight is 214 g/mol.